The van der Waals surface area contributed by atoms with Gasteiger partial charge in [0.15, 0.2) is 5.16 Å². The molecule has 0 unspecified atom stereocenters. The number of hydrogen-bond donors (Lipinski definition) is 1. The first-order valence-electron chi connectivity index (χ1n) is 6.21. The predicted octanol–water partition coefficient (Wildman–Crippen LogP) is -1.57. The molecular weight excluding hydrogens is 252 g/mol. The summed E-state index contributed by atoms with van der Waals surface area (Å²) in [5.41, 5.74) is 0. The third-order valence-corrected chi connectivity index (χ3v) is 3.78. The number of carbonyl (C=O) groups excluding carboxylic acids is 1. The summed E-state index contributed by atoms with van der Waals surface area (Å²) in [6, 6.07) is 0. The van der Waals surface area contributed by atoms with Crippen LogP contribution in [0.5, 0.6) is 0 Å². The molecule has 0 bridgehead atoms. The van der Waals surface area contributed by atoms with Crippen LogP contribution in [0.2, 0.25) is 0 Å². The van der Waals surface area contributed by atoms with Crippen molar-refractivity contribution < 1.29 is 14.8 Å². The largest absolute Gasteiger partial charge is 0.549 e. The lowest BCUT2D eigenvalue weighted by molar-refractivity contribution is -0.896. The molecule has 1 aromatic rings. The maximum absolute atomic E-state index is 10.4. The van der Waals surface area contributed by atoms with Crippen LogP contribution in [0.25, 0.3) is 0 Å². The Morgan fingerprint density at radius 1 is 1.50 bits per heavy atom. The highest BCUT2D eigenvalue weighted by Crippen LogP contribution is 2.13. The molecule has 0 amide bonds. The van der Waals surface area contributed by atoms with E-state index in [1.807, 2.05) is 4.57 Å². The molecule has 1 aromatic heterocycles. The molecule has 0 spiro atoms. The fraction of sp³-hybridized carbons (Fsp3) is 0.727. The molecule has 0 aromatic carbocycles. The molecule has 0 saturated heterocycles. The summed E-state index contributed by atoms with van der Waals surface area (Å²) in [5, 5.41) is 18.8. The lowest BCUT2D eigenvalue weighted by atomic mass is 10.3. The number of nitrogens with zero attached hydrogens (tertiary/aromatic N) is 3. The lowest BCUT2D eigenvalue weighted by Gasteiger charge is -2.15. The molecule has 7 heteroatoms. The first kappa shape index (κ1) is 15.0. The van der Waals surface area contributed by atoms with Gasteiger partial charge in [-0.2, -0.15) is 0 Å². The number of rotatable bonds is 9. The van der Waals surface area contributed by atoms with Crippen LogP contribution in [0, 0.1) is 0 Å². The fourth-order valence-electron chi connectivity index (χ4n) is 1.74. The molecule has 0 saturated carbocycles. The Hall–Kier alpha value is -1.08. The molecule has 1 heterocycles. The zero-order valence-electron chi connectivity index (χ0n) is 10.9. The molecule has 18 heavy (non-hydrogen) atoms. The summed E-state index contributed by atoms with van der Waals surface area (Å²) in [4.78, 5) is 12.0. The Kier molecular flexibility index (Phi) is 6.74. The quantitative estimate of drug-likeness (QED) is 0.550. The van der Waals surface area contributed by atoms with E-state index in [0.29, 0.717) is 5.16 Å². The van der Waals surface area contributed by atoms with Gasteiger partial charge in [0.25, 0.3) is 0 Å². The van der Waals surface area contributed by atoms with Gasteiger partial charge in [-0.25, -0.2) is 0 Å². The van der Waals surface area contributed by atoms with Crippen LogP contribution in [0.1, 0.15) is 20.3 Å². The Morgan fingerprint density at radius 2 is 2.22 bits per heavy atom. The topological polar surface area (TPSA) is 75.3 Å². The van der Waals surface area contributed by atoms with Crippen LogP contribution in [-0.4, -0.2) is 46.1 Å². The van der Waals surface area contributed by atoms with Gasteiger partial charge >= 0.3 is 0 Å². The summed E-state index contributed by atoms with van der Waals surface area (Å²) in [7, 11) is 0. The van der Waals surface area contributed by atoms with Gasteiger partial charge in [0, 0.05) is 18.7 Å². The van der Waals surface area contributed by atoms with Crippen LogP contribution in [-0.2, 0) is 11.3 Å². The number of quaternary nitrogens is 1. The number of carboxylic acids is 1. The maximum Gasteiger partial charge on any atom is 0.191 e. The summed E-state index contributed by atoms with van der Waals surface area (Å²) >= 11 is 1.15. The molecule has 0 aliphatic rings. The Balaban J connectivity index is 2.37. The van der Waals surface area contributed by atoms with Crippen molar-refractivity contribution in [3.05, 3.63) is 6.33 Å². The van der Waals surface area contributed by atoms with E-state index >= 15 is 0 Å². The van der Waals surface area contributed by atoms with Crippen molar-refractivity contribution in [2.75, 3.05) is 25.4 Å². The number of aryl methyl sites for hydroxylation is 1. The molecule has 1 rings (SSSR count). The second-order valence-corrected chi connectivity index (χ2v) is 4.97. The Morgan fingerprint density at radius 3 is 2.83 bits per heavy atom. The number of thioether (sulfide) groups is 1. The molecule has 0 radical (unpaired) electrons. The van der Waals surface area contributed by atoms with Crippen LogP contribution in [0.4, 0.5) is 0 Å². The second-order valence-electron chi connectivity index (χ2n) is 4.03. The average Bonchev–Trinajstić information content (AvgIpc) is 2.79. The molecule has 0 aliphatic carbocycles. The molecule has 0 aliphatic heterocycles. The van der Waals surface area contributed by atoms with E-state index in [4.69, 9.17) is 0 Å². The van der Waals surface area contributed by atoms with Gasteiger partial charge < -0.3 is 19.4 Å². The average molecular weight is 272 g/mol. The maximum atomic E-state index is 10.4. The molecule has 1 N–H and O–H groups in total. The SMILES string of the molecule is CC[NH+](CC)CCCn1cnnc1SCC(=O)[O-]. The normalized spacial score (nSPS) is 11.1. The van der Waals surface area contributed by atoms with Gasteiger partial charge in [-0.3, -0.25) is 0 Å². The molecular formula is C11H20N4O2S. The Bertz CT molecular complexity index is 366. The van der Waals surface area contributed by atoms with Crippen LogP contribution < -0.4 is 10.0 Å². The number of hydrogen-bond acceptors (Lipinski definition) is 5. The van der Waals surface area contributed by atoms with Crippen LogP contribution in [0.15, 0.2) is 11.5 Å². The van der Waals surface area contributed by atoms with E-state index in [-0.39, 0.29) is 5.75 Å². The highest BCUT2D eigenvalue weighted by Gasteiger charge is 2.07. The zero-order valence-corrected chi connectivity index (χ0v) is 11.7. The summed E-state index contributed by atoms with van der Waals surface area (Å²) in [6.45, 7) is 8.55. The summed E-state index contributed by atoms with van der Waals surface area (Å²) < 4.78 is 1.90. The second kappa shape index (κ2) is 8.10. The smallest absolute Gasteiger partial charge is 0.191 e. The van der Waals surface area contributed by atoms with Crippen molar-refractivity contribution in [2.45, 2.75) is 32.0 Å². The molecule has 102 valence electrons. The van der Waals surface area contributed by atoms with E-state index in [1.165, 1.54) is 0 Å². The van der Waals surface area contributed by atoms with Crippen LogP contribution in [0.3, 0.4) is 0 Å². The van der Waals surface area contributed by atoms with Gasteiger partial charge in [0.1, 0.15) is 6.33 Å². The number of nitrogens with one attached hydrogen (secondary N) is 1. The third-order valence-electron chi connectivity index (χ3n) is 2.83. The van der Waals surface area contributed by atoms with Crippen molar-refractivity contribution in [3.8, 4) is 0 Å². The third kappa shape index (κ3) is 5.05. The van der Waals surface area contributed by atoms with Gasteiger partial charge in [-0.1, -0.05) is 11.8 Å². The van der Waals surface area contributed by atoms with Gasteiger partial charge in [-0.05, 0) is 13.8 Å². The summed E-state index contributed by atoms with van der Waals surface area (Å²) in [6.07, 6.45) is 2.68. The van der Waals surface area contributed by atoms with E-state index in [0.717, 1.165) is 44.4 Å². The highest BCUT2D eigenvalue weighted by molar-refractivity contribution is 7.99. The zero-order chi connectivity index (χ0) is 13.4. The van der Waals surface area contributed by atoms with Crippen molar-refractivity contribution in [1.82, 2.24) is 14.8 Å². The van der Waals surface area contributed by atoms with Gasteiger partial charge in [0.2, 0.25) is 0 Å². The number of carbonyl (C=O) groups is 1. The number of aliphatic carboxylic acids is 1. The van der Waals surface area contributed by atoms with Crippen LogP contribution >= 0.6 is 11.8 Å². The molecule has 0 fully saturated rings. The minimum Gasteiger partial charge on any atom is -0.549 e. The lowest BCUT2D eigenvalue weighted by Crippen LogP contribution is -3.11. The first-order chi connectivity index (χ1) is 8.67. The molecule has 0 atom stereocenters. The van der Waals surface area contributed by atoms with Crippen molar-refractivity contribution >= 4 is 17.7 Å². The van der Waals surface area contributed by atoms with E-state index < -0.39 is 5.97 Å². The fourth-order valence-corrected chi connectivity index (χ4v) is 2.39. The summed E-state index contributed by atoms with van der Waals surface area (Å²) in [5.74, 6) is -1.16. The molecule has 6 nitrogen and oxygen atoms in total. The standard InChI is InChI=1S/C11H20N4O2S/c1-3-14(4-2)6-5-7-15-9-12-13-11(15)18-8-10(16)17/h9H,3-8H2,1-2H3,(H,16,17). The van der Waals surface area contributed by atoms with E-state index in [9.17, 15) is 9.90 Å². The monoisotopic (exact) mass is 272 g/mol. The number of aromatic nitrogens is 3. The highest BCUT2D eigenvalue weighted by atomic mass is 32.2. The minimum atomic E-state index is -1.08. The number of carboxylic acid groups (broad SMARTS) is 1. The first-order valence-corrected chi connectivity index (χ1v) is 7.19. The van der Waals surface area contributed by atoms with Gasteiger partial charge in [-0.15, -0.1) is 10.2 Å². The van der Waals surface area contributed by atoms with Gasteiger partial charge in [0.05, 0.1) is 25.6 Å². The minimum absolute atomic E-state index is 0.0833. The van der Waals surface area contributed by atoms with Crippen molar-refractivity contribution in [2.24, 2.45) is 0 Å². The van der Waals surface area contributed by atoms with Crippen molar-refractivity contribution in [3.63, 3.8) is 0 Å². The predicted molar refractivity (Wildman–Crippen MR) is 67.3 cm³/mol. The van der Waals surface area contributed by atoms with E-state index in [1.54, 1.807) is 11.2 Å². The van der Waals surface area contributed by atoms with Crippen molar-refractivity contribution in [1.29, 1.82) is 0 Å². The van der Waals surface area contributed by atoms with E-state index in [2.05, 4.69) is 24.0 Å². The Labute approximate surface area is 111 Å².